The Hall–Kier alpha value is -0.680. The zero-order valence-electron chi connectivity index (χ0n) is 10.7. The molecule has 0 amide bonds. The van der Waals surface area contributed by atoms with Crippen molar-refractivity contribution in [3.8, 4) is 0 Å². The van der Waals surface area contributed by atoms with Crippen LogP contribution >= 0.6 is 27.3 Å². The molecule has 2 aromatic rings. The molecule has 1 aromatic heterocycles. The van der Waals surface area contributed by atoms with Gasteiger partial charge in [-0.3, -0.25) is 4.90 Å². The standard InChI is InChI=1S/C15H17BrN2S/c16-13-6-8-19-15(13)10-18-7-5-11-3-1-2-4-12(11)14(18)9-17/h1-4,6,8,14H,5,7,9-10,17H2. The van der Waals surface area contributed by atoms with Gasteiger partial charge in [-0.1, -0.05) is 24.3 Å². The normalized spacial score (nSPS) is 19.4. The minimum absolute atomic E-state index is 0.346. The molecule has 2 nitrogen and oxygen atoms in total. The van der Waals surface area contributed by atoms with Crippen molar-refractivity contribution in [2.45, 2.75) is 19.0 Å². The average Bonchev–Trinajstić information content (AvgIpc) is 2.84. The molecule has 100 valence electrons. The largest absolute Gasteiger partial charge is 0.329 e. The van der Waals surface area contributed by atoms with Crippen LogP contribution in [0.25, 0.3) is 0 Å². The van der Waals surface area contributed by atoms with Crippen LogP contribution in [-0.2, 0) is 13.0 Å². The number of hydrogen-bond donors (Lipinski definition) is 1. The summed E-state index contributed by atoms with van der Waals surface area (Å²) in [5, 5.41) is 2.13. The van der Waals surface area contributed by atoms with E-state index in [1.165, 1.54) is 20.5 Å². The van der Waals surface area contributed by atoms with Crippen molar-refractivity contribution >= 4 is 27.3 Å². The fourth-order valence-electron chi connectivity index (χ4n) is 2.79. The number of nitrogens with two attached hydrogens (primary N) is 1. The van der Waals surface area contributed by atoms with Crippen LogP contribution in [0.15, 0.2) is 40.2 Å². The first-order chi connectivity index (χ1) is 9.29. The summed E-state index contributed by atoms with van der Waals surface area (Å²) in [4.78, 5) is 3.89. The molecule has 0 aliphatic carbocycles. The number of thiophene rings is 1. The van der Waals surface area contributed by atoms with Crippen molar-refractivity contribution in [3.05, 3.63) is 56.2 Å². The highest BCUT2D eigenvalue weighted by Crippen LogP contribution is 2.32. The van der Waals surface area contributed by atoms with E-state index in [1.807, 2.05) is 11.3 Å². The predicted octanol–water partition coefficient (Wildman–Crippen LogP) is 3.57. The van der Waals surface area contributed by atoms with E-state index in [2.05, 4.69) is 56.5 Å². The van der Waals surface area contributed by atoms with Crippen molar-refractivity contribution in [1.82, 2.24) is 4.90 Å². The minimum Gasteiger partial charge on any atom is -0.329 e. The SMILES string of the molecule is NCC1c2ccccc2CCN1Cc1sccc1Br. The Morgan fingerprint density at radius 1 is 1.32 bits per heavy atom. The molecular weight excluding hydrogens is 320 g/mol. The first kappa shape index (κ1) is 13.3. The van der Waals surface area contributed by atoms with Gasteiger partial charge in [0.25, 0.3) is 0 Å². The highest BCUT2D eigenvalue weighted by molar-refractivity contribution is 9.10. The molecule has 0 bridgehead atoms. The Bertz CT molecular complexity index is 567. The van der Waals surface area contributed by atoms with E-state index in [1.54, 1.807) is 0 Å². The van der Waals surface area contributed by atoms with E-state index in [0.29, 0.717) is 12.6 Å². The zero-order chi connectivity index (χ0) is 13.2. The summed E-state index contributed by atoms with van der Waals surface area (Å²) in [6, 6.07) is 11.2. The third kappa shape index (κ3) is 2.63. The maximum atomic E-state index is 6.03. The first-order valence-electron chi connectivity index (χ1n) is 6.53. The van der Waals surface area contributed by atoms with E-state index in [4.69, 9.17) is 5.73 Å². The fourth-order valence-corrected chi connectivity index (χ4v) is 4.29. The molecule has 1 atom stereocenters. The molecule has 3 rings (SSSR count). The third-order valence-corrected chi connectivity index (χ3v) is 5.70. The van der Waals surface area contributed by atoms with Crippen LogP contribution in [0, 0.1) is 0 Å². The lowest BCUT2D eigenvalue weighted by Crippen LogP contribution is -2.38. The Morgan fingerprint density at radius 2 is 2.16 bits per heavy atom. The number of rotatable bonds is 3. The highest BCUT2D eigenvalue weighted by atomic mass is 79.9. The molecule has 1 aromatic carbocycles. The van der Waals surface area contributed by atoms with E-state index in [0.717, 1.165) is 19.5 Å². The van der Waals surface area contributed by atoms with Gasteiger partial charge in [-0.25, -0.2) is 0 Å². The van der Waals surface area contributed by atoms with Gasteiger partial charge in [0.05, 0.1) is 0 Å². The molecule has 4 heteroatoms. The number of benzene rings is 1. The molecule has 0 saturated carbocycles. The molecule has 0 saturated heterocycles. The van der Waals surface area contributed by atoms with Crippen LogP contribution in [0.1, 0.15) is 22.0 Å². The Kier molecular flexibility index (Phi) is 4.03. The first-order valence-corrected chi connectivity index (χ1v) is 8.20. The lowest BCUT2D eigenvalue weighted by Gasteiger charge is -2.36. The van der Waals surface area contributed by atoms with E-state index in [-0.39, 0.29) is 0 Å². The van der Waals surface area contributed by atoms with Crippen LogP contribution in [0.3, 0.4) is 0 Å². The topological polar surface area (TPSA) is 29.3 Å². The smallest absolute Gasteiger partial charge is 0.0477 e. The monoisotopic (exact) mass is 336 g/mol. The van der Waals surface area contributed by atoms with Gasteiger partial charge in [-0.15, -0.1) is 11.3 Å². The third-order valence-electron chi connectivity index (χ3n) is 3.78. The van der Waals surface area contributed by atoms with Gasteiger partial charge >= 0.3 is 0 Å². The van der Waals surface area contributed by atoms with Crippen molar-refractivity contribution < 1.29 is 0 Å². The zero-order valence-corrected chi connectivity index (χ0v) is 13.1. The van der Waals surface area contributed by atoms with E-state index >= 15 is 0 Å². The lowest BCUT2D eigenvalue weighted by atomic mass is 9.92. The predicted molar refractivity (Wildman–Crippen MR) is 84.4 cm³/mol. The summed E-state index contributed by atoms with van der Waals surface area (Å²) in [7, 11) is 0. The van der Waals surface area contributed by atoms with Crippen molar-refractivity contribution in [2.24, 2.45) is 5.73 Å². The van der Waals surface area contributed by atoms with Crippen LogP contribution in [0.5, 0.6) is 0 Å². The molecule has 1 aliphatic heterocycles. The molecule has 19 heavy (non-hydrogen) atoms. The Morgan fingerprint density at radius 3 is 2.89 bits per heavy atom. The van der Waals surface area contributed by atoms with Crippen molar-refractivity contribution in [3.63, 3.8) is 0 Å². The second kappa shape index (κ2) is 5.75. The van der Waals surface area contributed by atoms with Crippen LogP contribution < -0.4 is 5.73 Å². The lowest BCUT2D eigenvalue weighted by molar-refractivity contribution is 0.182. The van der Waals surface area contributed by atoms with Crippen LogP contribution in [0.2, 0.25) is 0 Å². The van der Waals surface area contributed by atoms with Gasteiger partial charge in [0.2, 0.25) is 0 Å². The average molecular weight is 337 g/mol. The maximum absolute atomic E-state index is 6.03. The molecule has 1 aliphatic rings. The number of fused-ring (bicyclic) bond motifs is 1. The molecule has 0 radical (unpaired) electrons. The molecule has 1 unspecified atom stereocenters. The number of halogens is 1. The van der Waals surface area contributed by atoms with Gasteiger partial charge in [-0.2, -0.15) is 0 Å². The molecule has 2 N–H and O–H groups in total. The Balaban J connectivity index is 1.86. The van der Waals surface area contributed by atoms with Crippen molar-refractivity contribution in [1.29, 1.82) is 0 Å². The molecular formula is C15H17BrN2S. The summed E-state index contributed by atoms with van der Waals surface area (Å²) >= 11 is 5.43. The Labute approximate surface area is 126 Å². The second-order valence-electron chi connectivity index (χ2n) is 4.86. The van der Waals surface area contributed by atoms with Crippen LogP contribution in [-0.4, -0.2) is 18.0 Å². The fraction of sp³-hybridized carbons (Fsp3) is 0.333. The van der Waals surface area contributed by atoms with Crippen LogP contribution in [0.4, 0.5) is 0 Å². The van der Waals surface area contributed by atoms with Gasteiger partial charge in [0.1, 0.15) is 0 Å². The van der Waals surface area contributed by atoms with Gasteiger partial charge in [0.15, 0.2) is 0 Å². The second-order valence-corrected chi connectivity index (χ2v) is 6.72. The van der Waals surface area contributed by atoms with E-state index in [9.17, 15) is 0 Å². The molecule has 0 fully saturated rings. The van der Waals surface area contributed by atoms with E-state index < -0.39 is 0 Å². The summed E-state index contributed by atoms with van der Waals surface area (Å²) in [5.74, 6) is 0. The summed E-state index contributed by atoms with van der Waals surface area (Å²) < 4.78 is 1.21. The number of nitrogens with zero attached hydrogens (tertiary/aromatic N) is 1. The maximum Gasteiger partial charge on any atom is 0.0477 e. The van der Waals surface area contributed by atoms with Crippen molar-refractivity contribution in [2.75, 3.05) is 13.1 Å². The van der Waals surface area contributed by atoms with Gasteiger partial charge in [0, 0.05) is 35.0 Å². The summed E-state index contributed by atoms with van der Waals surface area (Å²) in [6.45, 7) is 2.75. The summed E-state index contributed by atoms with van der Waals surface area (Å²) in [5.41, 5.74) is 8.89. The minimum atomic E-state index is 0.346. The summed E-state index contributed by atoms with van der Waals surface area (Å²) in [6.07, 6.45) is 1.12. The van der Waals surface area contributed by atoms with Gasteiger partial charge < -0.3 is 5.73 Å². The molecule has 0 spiro atoms. The quantitative estimate of drug-likeness (QED) is 0.928. The molecule has 2 heterocycles. The number of hydrogen-bond acceptors (Lipinski definition) is 3. The highest BCUT2D eigenvalue weighted by Gasteiger charge is 2.26. The van der Waals surface area contributed by atoms with Gasteiger partial charge in [-0.05, 0) is 44.9 Å².